The largest absolute Gasteiger partial charge is 0.516 e. The highest BCUT2D eigenvalue weighted by Gasteiger charge is 2.08. The third-order valence-corrected chi connectivity index (χ3v) is 4.71. The number of carbonyl (C=O) groups excluding carboxylic acids is 1. The van der Waals surface area contributed by atoms with Crippen molar-refractivity contribution in [3.8, 4) is 0 Å². The van der Waals surface area contributed by atoms with Crippen LogP contribution >= 0.6 is 0 Å². The lowest BCUT2D eigenvalue weighted by Gasteiger charge is -2.18. The number of unbranched alkanes of at least 4 members (excludes halogenated alkanes) is 4. The summed E-state index contributed by atoms with van der Waals surface area (Å²) >= 11 is 0. The van der Waals surface area contributed by atoms with Gasteiger partial charge in [-0.3, -0.25) is 4.79 Å². The molecule has 7 nitrogen and oxygen atoms in total. The number of hydrogen-bond donors (Lipinski definition) is 4. The van der Waals surface area contributed by atoms with Crippen molar-refractivity contribution in [2.24, 2.45) is 10.4 Å². The van der Waals surface area contributed by atoms with Gasteiger partial charge in [0, 0.05) is 40.3 Å². The van der Waals surface area contributed by atoms with E-state index >= 15 is 0 Å². The number of rotatable bonds is 10. The summed E-state index contributed by atoms with van der Waals surface area (Å²) in [4.78, 5) is 16.4. The molecule has 0 aromatic heterocycles. The van der Waals surface area contributed by atoms with Gasteiger partial charge in [-0.15, -0.1) is 0 Å². The van der Waals surface area contributed by atoms with Crippen molar-refractivity contribution in [2.75, 3.05) is 44.1 Å². The molecule has 0 spiro atoms. The van der Waals surface area contributed by atoms with Crippen molar-refractivity contribution in [3.63, 3.8) is 0 Å². The monoisotopic (exact) mass is 491 g/mol. The van der Waals surface area contributed by atoms with E-state index in [1.807, 2.05) is 27.2 Å². The Morgan fingerprint density at radius 1 is 1.14 bits per heavy atom. The van der Waals surface area contributed by atoms with Crippen LogP contribution in [-0.4, -0.2) is 45.9 Å². The predicted octanol–water partition coefficient (Wildman–Crippen LogP) is 6.71. The molecular formula is C28H53N5O2. The normalized spacial score (nSPS) is 9.49. The molecule has 1 amide bonds. The fourth-order valence-electron chi connectivity index (χ4n) is 3.07. The van der Waals surface area contributed by atoms with Gasteiger partial charge in [0.1, 0.15) is 0 Å². The van der Waals surface area contributed by atoms with Gasteiger partial charge in [0.15, 0.2) is 0 Å². The van der Waals surface area contributed by atoms with Crippen molar-refractivity contribution < 1.29 is 9.90 Å². The van der Waals surface area contributed by atoms with Gasteiger partial charge in [0.05, 0.1) is 17.6 Å². The molecule has 0 heterocycles. The van der Waals surface area contributed by atoms with E-state index in [2.05, 4.69) is 74.2 Å². The molecule has 0 bridgehead atoms. The second-order valence-corrected chi connectivity index (χ2v) is 9.47. The van der Waals surface area contributed by atoms with Crippen molar-refractivity contribution in [1.82, 2.24) is 5.32 Å². The van der Waals surface area contributed by atoms with Crippen molar-refractivity contribution in [2.45, 2.75) is 72.6 Å². The Morgan fingerprint density at radius 3 is 2.06 bits per heavy atom. The van der Waals surface area contributed by atoms with Gasteiger partial charge in [-0.05, 0) is 55.8 Å². The number of hydrogen-bond acceptors (Lipinski definition) is 6. The zero-order chi connectivity index (χ0) is 27.9. The van der Waals surface area contributed by atoms with Crippen molar-refractivity contribution in [1.29, 1.82) is 0 Å². The Bertz CT molecular complexity index is 704. The Labute approximate surface area is 215 Å². The predicted molar refractivity (Wildman–Crippen MR) is 158 cm³/mol. The number of aliphatic imine (C=N–C) groups is 1. The summed E-state index contributed by atoms with van der Waals surface area (Å²) in [5.74, 6) is 0.0877. The second kappa shape index (κ2) is 22.8. The molecule has 0 saturated carbocycles. The first-order valence-electron chi connectivity index (χ1n) is 12.1. The quantitative estimate of drug-likeness (QED) is 0.126. The molecule has 1 rings (SSSR count). The average molecular weight is 492 g/mol. The Hall–Kier alpha value is -2.96. The highest BCUT2D eigenvalue weighted by Crippen LogP contribution is 2.28. The van der Waals surface area contributed by atoms with E-state index in [0.29, 0.717) is 11.8 Å². The van der Waals surface area contributed by atoms with Crippen LogP contribution in [0.25, 0.3) is 0 Å². The zero-order valence-corrected chi connectivity index (χ0v) is 23.7. The molecule has 0 atom stereocenters. The minimum atomic E-state index is 0.0877. The maximum absolute atomic E-state index is 11.1. The highest BCUT2D eigenvalue weighted by atomic mass is 16.2. The van der Waals surface area contributed by atoms with Crippen molar-refractivity contribution in [3.05, 3.63) is 43.3 Å². The molecule has 0 aliphatic carbocycles. The Kier molecular flexibility index (Phi) is 23.9. The first-order valence-corrected chi connectivity index (χ1v) is 12.1. The number of benzene rings is 1. The van der Waals surface area contributed by atoms with Crippen LogP contribution in [0.4, 0.5) is 17.1 Å². The van der Waals surface area contributed by atoms with Gasteiger partial charge in [-0.2, -0.15) is 0 Å². The average Bonchev–Trinajstić information content (AvgIpc) is 2.74. The summed E-state index contributed by atoms with van der Waals surface area (Å²) in [7, 11) is 7.57. The van der Waals surface area contributed by atoms with Gasteiger partial charge < -0.3 is 31.4 Å². The number of anilines is 3. The number of nitrogen functional groups attached to an aromatic ring is 1. The summed E-state index contributed by atoms with van der Waals surface area (Å²) in [5.41, 5.74) is 10.4. The van der Waals surface area contributed by atoms with E-state index in [-0.39, 0.29) is 5.91 Å². The first kappa shape index (κ1) is 36.6. The summed E-state index contributed by atoms with van der Waals surface area (Å²) in [6, 6.07) is 4.05. The van der Waals surface area contributed by atoms with Crippen molar-refractivity contribution >= 4 is 29.7 Å². The molecule has 1 aromatic rings. The molecule has 5 N–H and O–H groups in total. The molecule has 0 aliphatic rings. The number of carbonyl (C=O) groups is 1. The fraction of sp³-hybridized carbons (Fsp3) is 0.571. The highest BCUT2D eigenvalue weighted by molar-refractivity contribution is 5.76. The summed E-state index contributed by atoms with van der Waals surface area (Å²) < 4.78 is 0. The number of aliphatic hydroxyl groups is 1. The van der Waals surface area contributed by atoms with Gasteiger partial charge in [0.2, 0.25) is 5.91 Å². The van der Waals surface area contributed by atoms with E-state index < -0.39 is 0 Å². The molecule has 0 radical (unpaired) electrons. The molecule has 0 fully saturated rings. The van der Waals surface area contributed by atoms with E-state index in [0.717, 1.165) is 30.5 Å². The van der Waals surface area contributed by atoms with Crippen LogP contribution in [0, 0.1) is 12.3 Å². The van der Waals surface area contributed by atoms with Gasteiger partial charge >= 0.3 is 0 Å². The number of nitrogens with one attached hydrogen (secondary N) is 2. The number of nitrogens with two attached hydrogens (primary N) is 1. The lowest BCUT2D eigenvalue weighted by atomic mass is 9.89. The van der Waals surface area contributed by atoms with Gasteiger partial charge in [-0.1, -0.05) is 59.6 Å². The molecule has 35 heavy (non-hydrogen) atoms. The molecule has 7 heteroatoms. The second-order valence-electron chi connectivity index (χ2n) is 9.47. The van der Waals surface area contributed by atoms with E-state index in [4.69, 9.17) is 10.8 Å². The van der Waals surface area contributed by atoms with E-state index in [9.17, 15) is 4.79 Å². The van der Waals surface area contributed by atoms with E-state index in [1.54, 1.807) is 7.05 Å². The smallest absolute Gasteiger partial charge is 0.223 e. The summed E-state index contributed by atoms with van der Waals surface area (Å²) in [5, 5.41) is 13.0. The summed E-state index contributed by atoms with van der Waals surface area (Å²) in [6.45, 7) is 18.4. The third-order valence-electron chi connectivity index (χ3n) is 4.71. The Balaban J connectivity index is -0.000000482. The van der Waals surface area contributed by atoms with Crippen LogP contribution in [0.3, 0.4) is 0 Å². The van der Waals surface area contributed by atoms with Crippen LogP contribution in [0.2, 0.25) is 0 Å². The van der Waals surface area contributed by atoms with Crippen LogP contribution in [0.1, 0.15) is 71.3 Å². The third kappa shape index (κ3) is 24.0. The SMILES string of the molecule is C=CNC(=O)CCCCCCCC(C)(C)C.C=CO.C=NC.CNc1cc(N(C)C)c(C)cc1N. The topological polar surface area (TPSA) is 103 Å². The van der Waals surface area contributed by atoms with Gasteiger partial charge in [-0.25, -0.2) is 0 Å². The van der Waals surface area contributed by atoms with Gasteiger partial charge in [0.25, 0.3) is 0 Å². The minimum Gasteiger partial charge on any atom is -0.516 e. The summed E-state index contributed by atoms with van der Waals surface area (Å²) in [6.07, 6.45) is 10.1. The Morgan fingerprint density at radius 2 is 1.63 bits per heavy atom. The van der Waals surface area contributed by atoms with E-state index in [1.165, 1.54) is 43.1 Å². The fourth-order valence-corrected chi connectivity index (χ4v) is 3.07. The maximum atomic E-state index is 11.1. The molecule has 202 valence electrons. The maximum Gasteiger partial charge on any atom is 0.223 e. The van der Waals surface area contributed by atoms with Crippen LogP contribution in [0.15, 0.2) is 42.7 Å². The van der Waals surface area contributed by atoms with Crippen LogP contribution in [-0.2, 0) is 4.79 Å². The standard InChI is InChI=1S/C14H27NO.C10H17N3.C2H5N.C2H4O/c1-5-15-13(16)11-9-7-6-8-10-12-14(2,3)4;1-7-5-8(11)9(12-2)6-10(7)13(3)4;1-3-2;1-2-3/h5H,1,6-12H2,2-4H3,(H,15,16);5-6,12H,11H2,1-4H3;1H2,2H3;2-3H,1H2. The first-order chi connectivity index (χ1) is 16.3. The minimum absolute atomic E-state index is 0.0877. The molecule has 0 saturated heterocycles. The lowest BCUT2D eigenvalue weighted by Crippen LogP contribution is -2.15. The molecule has 0 unspecified atom stereocenters. The van der Waals surface area contributed by atoms with Crippen LogP contribution in [0.5, 0.6) is 0 Å². The number of aryl methyl sites for hydroxylation is 1. The molecule has 0 aliphatic heterocycles. The van der Waals surface area contributed by atoms with Crippen LogP contribution < -0.4 is 21.3 Å². The molecular weight excluding hydrogens is 438 g/mol. The number of amides is 1. The lowest BCUT2D eigenvalue weighted by molar-refractivity contribution is -0.120. The zero-order valence-electron chi connectivity index (χ0n) is 23.7. The number of aliphatic hydroxyl groups excluding tert-OH is 1. The number of nitrogens with zero attached hydrogens (tertiary/aromatic N) is 2. The molecule has 1 aromatic carbocycles.